The van der Waals surface area contributed by atoms with Gasteiger partial charge in [0.05, 0.1) is 11.3 Å². The van der Waals surface area contributed by atoms with Crippen LogP contribution in [0.5, 0.6) is 5.75 Å². The zero-order valence-electron chi connectivity index (χ0n) is 13.5. The van der Waals surface area contributed by atoms with E-state index in [0.29, 0.717) is 30.9 Å². The van der Waals surface area contributed by atoms with E-state index in [2.05, 4.69) is 24.8 Å². The average molecular weight is 335 g/mol. The molecule has 3 heterocycles. The number of hydrogen-bond donors (Lipinski definition) is 2. The summed E-state index contributed by atoms with van der Waals surface area (Å²) < 4.78 is 0. The van der Waals surface area contributed by atoms with Gasteiger partial charge in [0.2, 0.25) is 0 Å². The fourth-order valence-electron chi connectivity index (χ4n) is 3.07. The Balaban J connectivity index is 1.63. The topological polar surface area (TPSA) is 95.0 Å². The van der Waals surface area contributed by atoms with Gasteiger partial charge in [0.25, 0.3) is 5.56 Å². The van der Waals surface area contributed by atoms with Crippen LogP contribution in [0.1, 0.15) is 16.8 Å². The number of phenolic OH excluding ortho intramolecular Hbond substituents is 1. The predicted octanol–water partition coefficient (Wildman–Crippen LogP) is 1.49. The molecule has 2 aromatic heterocycles. The molecular formula is C18H17N5O2. The molecule has 0 unspecified atom stereocenters. The highest BCUT2D eigenvalue weighted by Crippen LogP contribution is 2.22. The van der Waals surface area contributed by atoms with Crippen LogP contribution in [-0.4, -0.2) is 36.5 Å². The van der Waals surface area contributed by atoms with Crippen LogP contribution in [0, 0.1) is 0 Å². The fourth-order valence-corrected chi connectivity index (χ4v) is 3.07. The Hall–Kier alpha value is -3.06. The summed E-state index contributed by atoms with van der Waals surface area (Å²) in [5.74, 6) is 0.767. The lowest BCUT2D eigenvalue weighted by molar-refractivity contribution is 0.237. The molecule has 25 heavy (non-hydrogen) atoms. The maximum absolute atomic E-state index is 12.4. The minimum Gasteiger partial charge on any atom is -0.508 e. The van der Waals surface area contributed by atoms with Gasteiger partial charge in [-0.25, -0.2) is 15.0 Å². The summed E-state index contributed by atoms with van der Waals surface area (Å²) in [5, 5.41) is 9.96. The number of hydrogen-bond acceptors (Lipinski definition) is 6. The lowest BCUT2D eigenvalue weighted by atomic mass is 10.0. The number of para-hydroxylation sites is 1. The first-order chi connectivity index (χ1) is 12.2. The molecule has 0 atom stereocenters. The summed E-state index contributed by atoms with van der Waals surface area (Å²) in [7, 11) is 0. The summed E-state index contributed by atoms with van der Waals surface area (Å²) in [6.45, 7) is 1.93. The zero-order valence-corrected chi connectivity index (χ0v) is 13.5. The standard InChI is InChI=1S/C18H17N5O2/c24-16-4-2-1-3-12(16)9-23-6-5-14-15(10-23)21-17(22-18(14)25)13-7-19-11-20-8-13/h1-4,7-8,11,24H,5-6,9-10H2,(H,21,22,25). The molecule has 0 radical (unpaired) electrons. The van der Waals surface area contributed by atoms with Crippen LogP contribution in [0.4, 0.5) is 0 Å². The molecule has 126 valence electrons. The first-order valence-electron chi connectivity index (χ1n) is 8.07. The van der Waals surface area contributed by atoms with E-state index in [-0.39, 0.29) is 11.3 Å². The molecule has 7 nitrogen and oxygen atoms in total. The van der Waals surface area contributed by atoms with Crippen molar-refractivity contribution in [2.24, 2.45) is 0 Å². The van der Waals surface area contributed by atoms with Gasteiger partial charge in [0.1, 0.15) is 17.9 Å². The van der Waals surface area contributed by atoms with Crippen LogP contribution in [-0.2, 0) is 19.5 Å². The largest absolute Gasteiger partial charge is 0.508 e. The fraction of sp³-hybridized carbons (Fsp3) is 0.222. The second-order valence-corrected chi connectivity index (χ2v) is 6.06. The minimum absolute atomic E-state index is 0.105. The van der Waals surface area contributed by atoms with E-state index in [1.165, 1.54) is 6.33 Å². The second kappa shape index (κ2) is 6.45. The quantitative estimate of drug-likeness (QED) is 0.753. The number of aromatic hydroxyl groups is 1. The number of rotatable bonds is 3. The molecule has 0 amide bonds. The molecule has 0 fully saturated rings. The van der Waals surface area contributed by atoms with Gasteiger partial charge >= 0.3 is 0 Å². The maximum Gasteiger partial charge on any atom is 0.254 e. The van der Waals surface area contributed by atoms with Crippen LogP contribution in [0.3, 0.4) is 0 Å². The predicted molar refractivity (Wildman–Crippen MR) is 91.8 cm³/mol. The van der Waals surface area contributed by atoms with Crippen molar-refractivity contribution in [1.82, 2.24) is 24.8 Å². The van der Waals surface area contributed by atoms with Crippen molar-refractivity contribution in [3.05, 3.63) is 70.2 Å². The number of phenols is 1. The van der Waals surface area contributed by atoms with Crippen LogP contribution in [0.2, 0.25) is 0 Å². The number of H-pyrrole nitrogens is 1. The first-order valence-corrected chi connectivity index (χ1v) is 8.07. The summed E-state index contributed by atoms with van der Waals surface area (Å²) >= 11 is 0. The average Bonchev–Trinajstić information content (AvgIpc) is 2.64. The number of aromatic amines is 1. The lowest BCUT2D eigenvalue weighted by Crippen LogP contribution is -2.35. The summed E-state index contributed by atoms with van der Waals surface area (Å²) in [6, 6.07) is 7.30. The molecule has 0 spiro atoms. The van der Waals surface area contributed by atoms with Crippen molar-refractivity contribution in [2.45, 2.75) is 19.5 Å². The first kappa shape index (κ1) is 15.5. The molecule has 2 N–H and O–H groups in total. The third kappa shape index (κ3) is 3.14. The molecule has 3 aromatic rings. The molecule has 0 aliphatic carbocycles. The van der Waals surface area contributed by atoms with Crippen molar-refractivity contribution in [2.75, 3.05) is 6.54 Å². The Kier molecular flexibility index (Phi) is 3.99. The van der Waals surface area contributed by atoms with Crippen molar-refractivity contribution in [3.8, 4) is 17.1 Å². The summed E-state index contributed by atoms with van der Waals surface area (Å²) in [5.41, 5.74) is 2.94. The molecule has 0 bridgehead atoms. The molecule has 1 aromatic carbocycles. The van der Waals surface area contributed by atoms with E-state index in [0.717, 1.165) is 23.4 Å². The zero-order chi connectivity index (χ0) is 17.2. The van der Waals surface area contributed by atoms with E-state index in [1.807, 2.05) is 12.1 Å². The van der Waals surface area contributed by atoms with Gasteiger partial charge in [-0.15, -0.1) is 0 Å². The van der Waals surface area contributed by atoms with E-state index in [4.69, 9.17) is 0 Å². The van der Waals surface area contributed by atoms with Crippen LogP contribution in [0.15, 0.2) is 47.8 Å². The number of benzene rings is 1. The number of nitrogens with zero attached hydrogens (tertiary/aromatic N) is 4. The van der Waals surface area contributed by atoms with Crippen molar-refractivity contribution in [3.63, 3.8) is 0 Å². The SMILES string of the molecule is O=c1[nH]c(-c2cncnc2)nc2c1CCN(Cc1ccccc1O)C2. The Morgan fingerprint density at radius 2 is 2.00 bits per heavy atom. The van der Waals surface area contributed by atoms with E-state index in [9.17, 15) is 9.90 Å². The number of aromatic nitrogens is 4. The van der Waals surface area contributed by atoms with Crippen molar-refractivity contribution >= 4 is 0 Å². The summed E-state index contributed by atoms with van der Waals surface area (Å²) in [4.78, 5) is 29.9. The lowest BCUT2D eigenvalue weighted by Gasteiger charge is -2.27. The highest BCUT2D eigenvalue weighted by molar-refractivity contribution is 5.52. The Bertz CT molecular complexity index is 955. The van der Waals surface area contributed by atoms with E-state index in [1.54, 1.807) is 24.5 Å². The van der Waals surface area contributed by atoms with E-state index >= 15 is 0 Å². The number of fused-ring (bicyclic) bond motifs is 1. The molecule has 4 rings (SSSR count). The van der Waals surface area contributed by atoms with Gasteiger partial charge in [-0.1, -0.05) is 18.2 Å². The van der Waals surface area contributed by atoms with Gasteiger partial charge in [0.15, 0.2) is 0 Å². The van der Waals surface area contributed by atoms with Crippen LogP contribution < -0.4 is 5.56 Å². The second-order valence-electron chi connectivity index (χ2n) is 6.06. The van der Waals surface area contributed by atoms with Crippen molar-refractivity contribution < 1.29 is 5.11 Å². The third-order valence-electron chi connectivity index (χ3n) is 4.37. The number of nitrogens with one attached hydrogen (secondary N) is 1. The van der Waals surface area contributed by atoms with Gasteiger partial charge in [-0.3, -0.25) is 9.69 Å². The van der Waals surface area contributed by atoms with Crippen molar-refractivity contribution in [1.29, 1.82) is 0 Å². The molecule has 0 saturated carbocycles. The molecular weight excluding hydrogens is 318 g/mol. The highest BCUT2D eigenvalue weighted by atomic mass is 16.3. The third-order valence-corrected chi connectivity index (χ3v) is 4.37. The summed E-state index contributed by atoms with van der Waals surface area (Å²) in [6.07, 6.45) is 5.32. The normalized spacial score (nSPS) is 14.2. The Morgan fingerprint density at radius 1 is 1.20 bits per heavy atom. The van der Waals surface area contributed by atoms with Gasteiger partial charge in [0, 0.05) is 43.2 Å². The Morgan fingerprint density at radius 3 is 2.80 bits per heavy atom. The Labute approximate surface area is 144 Å². The monoisotopic (exact) mass is 335 g/mol. The smallest absolute Gasteiger partial charge is 0.254 e. The van der Waals surface area contributed by atoms with Gasteiger partial charge < -0.3 is 10.1 Å². The molecule has 7 heteroatoms. The molecule has 1 aliphatic heterocycles. The van der Waals surface area contributed by atoms with Crippen LogP contribution in [0.25, 0.3) is 11.4 Å². The highest BCUT2D eigenvalue weighted by Gasteiger charge is 2.22. The molecule has 1 aliphatic rings. The minimum atomic E-state index is -0.105. The van der Waals surface area contributed by atoms with Gasteiger partial charge in [-0.2, -0.15) is 0 Å². The van der Waals surface area contributed by atoms with Gasteiger partial charge in [-0.05, 0) is 12.5 Å². The maximum atomic E-state index is 12.4. The molecule has 0 saturated heterocycles. The van der Waals surface area contributed by atoms with Crippen LogP contribution >= 0.6 is 0 Å². The van der Waals surface area contributed by atoms with E-state index < -0.39 is 0 Å².